The minimum atomic E-state index is -0.450. The normalized spacial score (nSPS) is 13.6. The van der Waals surface area contributed by atoms with Crippen LogP contribution in [0.1, 0.15) is 39.3 Å². The van der Waals surface area contributed by atoms with E-state index in [1.54, 1.807) is 18.2 Å². The van der Waals surface area contributed by atoms with Crippen LogP contribution in [0.4, 0.5) is 17.5 Å². The number of carbonyl (C=O) groups excluding carboxylic acids is 2. The lowest BCUT2D eigenvalue weighted by atomic mass is 9.97. The summed E-state index contributed by atoms with van der Waals surface area (Å²) in [5, 5.41) is 6.92. The first-order valence-corrected chi connectivity index (χ1v) is 14.7. The number of halogens is 1. The van der Waals surface area contributed by atoms with Gasteiger partial charge in [0.15, 0.2) is 0 Å². The summed E-state index contributed by atoms with van der Waals surface area (Å²) in [5.74, 6) is 1.72. The van der Waals surface area contributed by atoms with Gasteiger partial charge in [-0.1, -0.05) is 23.7 Å². The topological polar surface area (TPSA) is 138 Å². The summed E-state index contributed by atoms with van der Waals surface area (Å²) in [7, 11) is 1.33. The van der Waals surface area contributed by atoms with Crippen LogP contribution in [0.25, 0.3) is 22.4 Å². The molecule has 2 aromatic carbocycles. The second kappa shape index (κ2) is 12.7. The molecule has 224 valence electrons. The number of aryl methyl sites for hydroxylation is 1. The number of amides is 1. The Morgan fingerprint density at radius 3 is 2.55 bits per heavy atom. The highest BCUT2D eigenvalue weighted by atomic mass is 35.5. The van der Waals surface area contributed by atoms with Gasteiger partial charge in [-0.15, -0.1) is 0 Å². The van der Waals surface area contributed by atoms with Gasteiger partial charge in [0.05, 0.1) is 40.0 Å². The third kappa shape index (κ3) is 6.32. The fourth-order valence-corrected chi connectivity index (χ4v) is 5.46. The average Bonchev–Trinajstić information content (AvgIpc) is 3.49. The predicted octanol–water partition coefficient (Wildman–Crippen LogP) is 5.74. The molecule has 1 fully saturated rings. The molecule has 12 heteroatoms. The molecular formula is C32H31ClN8O3. The highest BCUT2D eigenvalue weighted by Crippen LogP contribution is 2.30. The number of H-pyrrole nitrogens is 1. The fourth-order valence-electron chi connectivity index (χ4n) is 5.26. The monoisotopic (exact) mass is 610 g/mol. The number of para-hydroxylation sites is 2. The van der Waals surface area contributed by atoms with Gasteiger partial charge in [-0.25, -0.2) is 24.7 Å². The Hall–Kier alpha value is -5.03. The number of methoxy groups -OCH3 is 1. The van der Waals surface area contributed by atoms with E-state index in [2.05, 4.69) is 40.5 Å². The van der Waals surface area contributed by atoms with Gasteiger partial charge in [0.1, 0.15) is 11.6 Å². The van der Waals surface area contributed by atoms with E-state index in [4.69, 9.17) is 16.3 Å². The second-order valence-corrected chi connectivity index (χ2v) is 11.1. The Labute approximate surface area is 259 Å². The van der Waals surface area contributed by atoms with Gasteiger partial charge in [0, 0.05) is 43.3 Å². The van der Waals surface area contributed by atoms with Crippen LogP contribution in [-0.4, -0.2) is 63.5 Å². The van der Waals surface area contributed by atoms with E-state index in [0.29, 0.717) is 50.8 Å². The molecular weight excluding hydrogens is 580 g/mol. The lowest BCUT2D eigenvalue weighted by Crippen LogP contribution is -2.37. The van der Waals surface area contributed by atoms with Crippen molar-refractivity contribution in [1.29, 1.82) is 0 Å². The van der Waals surface area contributed by atoms with E-state index < -0.39 is 5.97 Å². The maximum atomic E-state index is 13.2. The second-order valence-electron chi connectivity index (χ2n) is 10.7. The van der Waals surface area contributed by atoms with Crippen LogP contribution in [0.3, 0.4) is 0 Å². The minimum Gasteiger partial charge on any atom is -0.465 e. The molecule has 1 saturated heterocycles. The summed E-state index contributed by atoms with van der Waals surface area (Å²) in [6.45, 7) is 4.23. The lowest BCUT2D eigenvalue weighted by molar-refractivity contribution is 0.0599. The number of carbonyl (C=O) groups is 2. The number of nitrogens with zero attached hydrogens (tertiary/aromatic N) is 5. The average molecular weight is 611 g/mol. The molecule has 5 aromatic rings. The van der Waals surface area contributed by atoms with Crippen molar-refractivity contribution >= 4 is 52.0 Å². The number of esters is 1. The summed E-state index contributed by atoms with van der Waals surface area (Å²) in [4.78, 5) is 48.1. The molecule has 0 aliphatic carbocycles. The Morgan fingerprint density at radius 2 is 1.82 bits per heavy atom. The molecule has 0 unspecified atom stereocenters. The Bertz CT molecular complexity index is 1780. The third-order valence-electron chi connectivity index (χ3n) is 7.73. The van der Waals surface area contributed by atoms with Gasteiger partial charge < -0.3 is 25.3 Å². The van der Waals surface area contributed by atoms with Gasteiger partial charge in [0.2, 0.25) is 5.95 Å². The first-order chi connectivity index (χ1) is 21.4. The van der Waals surface area contributed by atoms with Gasteiger partial charge in [-0.2, -0.15) is 0 Å². The number of ether oxygens (including phenoxy) is 1. The fraction of sp³-hybridized carbons (Fsp3) is 0.250. The van der Waals surface area contributed by atoms with E-state index in [9.17, 15) is 9.59 Å². The van der Waals surface area contributed by atoms with E-state index in [-0.39, 0.29) is 5.91 Å². The molecule has 1 aliphatic rings. The molecule has 6 rings (SSSR count). The van der Waals surface area contributed by atoms with Gasteiger partial charge >= 0.3 is 5.97 Å². The third-order valence-corrected chi connectivity index (χ3v) is 8.06. The molecule has 44 heavy (non-hydrogen) atoms. The van der Waals surface area contributed by atoms with Crippen LogP contribution in [0, 0.1) is 12.8 Å². The molecule has 0 radical (unpaired) electrons. The quantitative estimate of drug-likeness (QED) is 0.188. The predicted molar refractivity (Wildman–Crippen MR) is 170 cm³/mol. The van der Waals surface area contributed by atoms with Crippen molar-refractivity contribution in [1.82, 2.24) is 24.9 Å². The van der Waals surface area contributed by atoms with E-state index in [1.807, 2.05) is 43.3 Å². The van der Waals surface area contributed by atoms with Crippen molar-refractivity contribution < 1.29 is 14.3 Å². The zero-order valence-corrected chi connectivity index (χ0v) is 25.1. The number of fused-ring (bicyclic) bond motifs is 1. The number of piperidine rings is 1. The molecule has 4 heterocycles. The Morgan fingerprint density at radius 1 is 1.05 bits per heavy atom. The largest absolute Gasteiger partial charge is 0.465 e. The molecule has 0 spiro atoms. The maximum Gasteiger partial charge on any atom is 0.341 e. The van der Waals surface area contributed by atoms with Crippen LogP contribution in [-0.2, 0) is 4.74 Å². The van der Waals surface area contributed by atoms with Crippen LogP contribution in [0.15, 0.2) is 67.0 Å². The van der Waals surface area contributed by atoms with Crippen molar-refractivity contribution in [2.75, 3.05) is 42.3 Å². The minimum absolute atomic E-state index is 0.256. The van der Waals surface area contributed by atoms with Crippen molar-refractivity contribution in [3.63, 3.8) is 0 Å². The summed E-state index contributed by atoms with van der Waals surface area (Å²) < 4.78 is 4.71. The van der Waals surface area contributed by atoms with E-state index in [0.717, 1.165) is 49.3 Å². The number of pyridine rings is 1. The van der Waals surface area contributed by atoms with Gasteiger partial charge in [-0.3, -0.25) is 4.79 Å². The van der Waals surface area contributed by atoms with Crippen molar-refractivity contribution in [3.05, 3.63) is 88.8 Å². The molecule has 11 nitrogen and oxygen atoms in total. The lowest BCUT2D eigenvalue weighted by Gasteiger charge is -2.32. The number of imidazole rings is 1. The summed E-state index contributed by atoms with van der Waals surface area (Å²) in [5.41, 5.74) is 4.50. The zero-order chi connectivity index (χ0) is 30.6. The van der Waals surface area contributed by atoms with Crippen LogP contribution in [0.2, 0.25) is 5.02 Å². The number of aromatic amines is 1. The first-order valence-electron chi connectivity index (χ1n) is 14.3. The first kappa shape index (κ1) is 29.1. The molecule has 1 aliphatic heterocycles. The number of nitrogens with one attached hydrogen (secondary N) is 3. The standard InChI is InChI=1S/C32H31ClN8O3/c1-19-23(30(42)38-22-7-9-25(33)24(15-22)29-39-26-5-3-4-6-27(26)40-29)8-10-28(37-19)34-16-20-11-13-41(14-12-20)32-35-17-21(18-36-32)31(43)44-2/h3-10,15,17-18,20H,11-14,16H2,1-2H3,(H,34,37)(H,38,42)(H,39,40). The highest BCUT2D eigenvalue weighted by Gasteiger charge is 2.22. The number of anilines is 3. The smallest absolute Gasteiger partial charge is 0.341 e. The van der Waals surface area contributed by atoms with Gasteiger partial charge in [0.25, 0.3) is 5.91 Å². The SMILES string of the molecule is COC(=O)c1cnc(N2CCC(CNc3ccc(C(=O)Nc4ccc(Cl)c(-c5nc6ccccc6[nH]5)c4)c(C)n3)CC2)nc1. The zero-order valence-electron chi connectivity index (χ0n) is 24.3. The van der Waals surface area contributed by atoms with Gasteiger partial charge in [-0.05, 0) is 68.1 Å². The highest BCUT2D eigenvalue weighted by molar-refractivity contribution is 6.33. The van der Waals surface area contributed by atoms with E-state index >= 15 is 0 Å². The maximum absolute atomic E-state index is 13.2. The summed E-state index contributed by atoms with van der Waals surface area (Å²) in [6.07, 6.45) is 4.92. The van der Waals surface area contributed by atoms with Crippen molar-refractivity contribution in [2.45, 2.75) is 19.8 Å². The molecule has 3 aromatic heterocycles. The molecule has 0 atom stereocenters. The molecule has 1 amide bonds. The van der Waals surface area contributed by atoms with Crippen LogP contribution >= 0.6 is 11.6 Å². The Balaban J connectivity index is 1.03. The Kier molecular flexibility index (Phi) is 8.38. The van der Waals surface area contributed by atoms with Crippen LogP contribution < -0.4 is 15.5 Å². The molecule has 0 saturated carbocycles. The molecule has 0 bridgehead atoms. The van der Waals surface area contributed by atoms with E-state index in [1.165, 1.54) is 19.5 Å². The number of rotatable bonds is 8. The number of benzene rings is 2. The van der Waals surface area contributed by atoms with Crippen LogP contribution in [0.5, 0.6) is 0 Å². The molecule has 3 N–H and O–H groups in total. The number of hydrogen-bond acceptors (Lipinski definition) is 9. The number of hydrogen-bond donors (Lipinski definition) is 3. The van der Waals surface area contributed by atoms with Crippen molar-refractivity contribution in [3.8, 4) is 11.4 Å². The summed E-state index contributed by atoms with van der Waals surface area (Å²) >= 11 is 6.48. The summed E-state index contributed by atoms with van der Waals surface area (Å²) in [6, 6.07) is 16.7. The number of aromatic nitrogens is 5. The van der Waals surface area contributed by atoms with Crippen molar-refractivity contribution in [2.24, 2.45) is 5.92 Å².